The van der Waals surface area contributed by atoms with Gasteiger partial charge in [0.15, 0.2) is 0 Å². The van der Waals surface area contributed by atoms with Gasteiger partial charge in [-0.05, 0) is 0 Å². The second-order valence-corrected chi connectivity index (χ2v) is 8.17. The van der Waals surface area contributed by atoms with Crippen molar-refractivity contribution in [3.05, 3.63) is 48.5 Å². The minimum absolute atomic E-state index is 1.04. The second-order valence-electron chi connectivity index (χ2n) is 4.33. The molecule has 0 spiro atoms. The van der Waals surface area contributed by atoms with Gasteiger partial charge in [0.2, 0.25) is 0 Å². The van der Waals surface area contributed by atoms with E-state index in [0.717, 1.165) is 25.0 Å². The molecule has 0 aliphatic carbocycles. The third kappa shape index (κ3) is 2.19. The molecule has 90 valence electrons. The van der Waals surface area contributed by atoms with Crippen molar-refractivity contribution >= 4 is 25.0 Å². The molecular formula is C14H10N4Nd. The Balaban J connectivity index is 1.73. The van der Waals surface area contributed by atoms with Crippen molar-refractivity contribution in [2.75, 3.05) is 0 Å². The first-order valence-corrected chi connectivity index (χ1v) is 9.26. The van der Waals surface area contributed by atoms with E-state index in [1.165, 1.54) is 0 Å². The molecule has 0 saturated carbocycles. The Kier molecular flexibility index (Phi) is 2.85. The average Bonchev–Trinajstić information content (AvgIpc) is 3.00. The molecule has 0 aliphatic heterocycles. The Morgan fingerprint density at radius 3 is 1.63 bits per heavy atom. The van der Waals surface area contributed by atoms with Crippen LogP contribution >= 0.6 is 0 Å². The molecule has 2 aromatic carbocycles. The number of benzene rings is 2. The second kappa shape index (κ2) is 4.68. The molecule has 4 aromatic rings. The molecule has 0 bridgehead atoms. The van der Waals surface area contributed by atoms with Gasteiger partial charge < -0.3 is 0 Å². The first-order valence-electron chi connectivity index (χ1n) is 6.05. The number of hydrogen-bond donors (Lipinski definition) is 2. The standard InChI is InChI=1S/2C7H5N2.Nd/c2*1-2-4-7-6(3-1)8-5-9-7;/h2*1-4H,(H,8,9);. The van der Waals surface area contributed by atoms with Gasteiger partial charge in [-0.3, -0.25) is 0 Å². The number of nitrogens with one attached hydrogen (secondary N) is 2. The molecule has 0 amide bonds. The molecule has 0 atom stereocenters. The van der Waals surface area contributed by atoms with Crippen molar-refractivity contribution < 1.29 is 36.7 Å². The molecule has 2 heterocycles. The maximum atomic E-state index is 4.65. The zero-order valence-electron chi connectivity index (χ0n) is 10.0. The third-order valence-corrected chi connectivity index (χ3v) is 6.05. The zero-order chi connectivity index (χ0) is 12.7. The Hall–Kier alpha value is -1.27. The van der Waals surface area contributed by atoms with Crippen LogP contribution in [0.4, 0.5) is 0 Å². The number of aromatic nitrogens is 4. The van der Waals surface area contributed by atoms with E-state index in [9.17, 15) is 0 Å². The SMILES string of the molecule is c1ccc2[nH][c]([Nd][c]3nc4ccccc4[nH]3)nc2c1. The summed E-state index contributed by atoms with van der Waals surface area (Å²) < 4.78 is 2.25. The van der Waals surface area contributed by atoms with E-state index < -0.39 is 36.7 Å². The van der Waals surface area contributed by atoms with E-state index in [2.05, 4.69) is 32.1 Å². The van der Waals surface area contributed by atoms with Gasteiger partial charge in [-0.1, -0.05) is 0 Å². The average molecular weight is 379 g/mol. The zero-order valence-corrected chi connectivity index (χ0v) is 13.2. The van der Waals surface area contributed by atoms with Gasteiger partial charge in [0.25, 0.3) is 0 Å². The number of imidazole rings is 2. The van der Waals surface area contributed by atoms with E-state index in [-0.39, 0.29) is 0 Å². The summed E-state index contributed by atoms with van der Waals surface area (Å²) in [6, 6.07) is 16.3. The van der Waals surface area contributed by atoms with E-state index in [4.69, 9.17) is 0 Å². The van der Waals surface area contributed by atoms with Gasteiger partial charge in [-0.25, -0.2) is 0 Å². The molecule has 0 saturated heterocycles. The molecule has 0 unspecified atom stereocenters. The number of fused-ring (bicyclic) bond motifs is 2. The minimum atomic E-state index is -1.23. The topological polar surface area (TPSA) is 57.4 Å². The van der Waals surface area contributed by atoms with Crippen molar-refractivity contribution in [1.29, 1.82) is 0 Å². The van der Waals surface area contributed by atoms with Gasteiger partial charge in [0.05, 0.1) is 0 Å². The van der Waals surface area contributed by atoms with E-state index >= 15 is 0 Å². The fourth-order valence-corrected chi connectivity index (χ4v) is 5.25. The summed E-state index contributed by atoms with van der Waals surface area (Å²) in [5, 5.41) is 0. The van der Waals surface area contributed by atoms with Crippen LogP contribution in [0.2, 0.25) is 0 Å². The first kappa shape index (κ1) is 11.5. The number of aromatic amines is 2. The molecule has 2 N–H and O–H groups in total. The molecule has 5 heteroatoms. The van der Waals surface area contributed by atoms with Crippen molar-refractivity contribution in [3.63, 3.8) is 0 Å². The summed E-state index contributed by atoms with van der Waals surface area (Å²) in [4.78, 5) is 16.1. The van der Waals surface area contributed by atoms with Crippen LogP contribution in [0, 0.1) is 36.7 Å². The van der Waals surface area contributed by atoms with Gasteiger partial charge in [-0.2, -0.15) is 0 Å². The van der Waals surface area contributed by atoms with Crippen LogP contribution in [-0.4, -0.2) is 19.9 Å². The van der Waals surface area contributed by atoms with Crippen LogP contribution in [0.25, 0.3) is 22.1 Å². The van der Waals surface area contributed by atoms with Crippen molar-refractivity contribution in [3.8, 4) is 0 Å². The van der Waals surface area contributed by atoms with E-state index in [0.29, 0.717) is 0 Å². The Morgan fingerprint density at radius 2 is 1.16 bits per heavy atom. The Bertz CT molecular complexity index is 724. The van der Waals surface area contributed by atoms with Gasteiger partial charge in [0.1, 0.15) is 0 Å². The summed E-state index contributed by atoms with van der Waals surface area (Å²) in [7, 11) is 0. The first-order chi connectivity index (χ1) is 9.38. The number of H-pyrrole nitrogens is 2. The maximum absolute atomic E-state index is 4.65. The summed E-state index contributed by atoms with van der Waals surface area (Å²) in [5.74, 6) is 0. The van der Waals surface area contributed by atoms with Crippen LogP contribution in [-0.2, 0) is 0 Å². The molecule has 4 rings (SSSR count). The quantitative estimate of drug-likeness (QED) is 0.555. The van der Waals surface area contributed by atoms with Crippen molar-refractivity contribution in [1.82, 2.24) is 19.9 Å². The van der Waals surface area contributed by atoms with Crippen LogP contribution in [0.5, 0.6) is 0 Å². The number of rotatable bonds is 2. The number of hydrogen-bond acceptors (Lipinski definition) is 2. The monoisotopic (exact) mass is 376 g/mol. The molecule has 0 fully saturated rings. The van der Waals surface area contributed by atoms with Crippen molar-refractivity contribution in [2.45, 2.75) is 0 Å². The molecule has 4 nitrogen and oxygen atoms in total. The fourth-order valence-electron chi connectivity index (χ4n) is 2.14. The predicted molar refractivity (Wildman–Crippen MR) is 71.5 cm³/mol. The predicted octanol–water partition coefficient (Wildman–Crippen LogP) is 1.47. The molecular weight excluding hydrogens is 368 g/mol. The summed E-state index contributed by atoms with van der Waals surface area (Å²) in [6.07, 6.45) is 0. The van der Waals surface area contributed by atoms with Gasteiger partial charge in [0, 0.05) is 0 Å². The summed E-state index contributed by atoms with van der Waals surface area (Å²) in [5.41, 5.74) is 4.31. The van der Waals surface area contributed by atoms with Crippen LogP contribution in [0.3, 0.4) is 0 Å². The van der Waals surface area contributed by atoms with E-state index in [1.807, 2.05) is 36.4 Å². The van der Waals surface area contributed by atoms with Crippen LogP contribution in [0.15, 0.2) is 48.5 Å². The summed E-state index contributed by atoms with van der Waals surface area (Å²) >= 11 is -1.23. The van der Waals surface area contributed by atoms with Crippen molar-refractivity contribution in [2.24, 2.45) is 0 Å². The Morgan fingerprint density at radius 1 is 0.684 bits per heavy atom. The van der Waals surface area contributed by atoms with Crippen LogP contribution < -0.4 is 2.95 Å². The molecule has 0 radical (unpaired) electrons. The Labute approximate surface area is 129 Å². The fraction of sp³-hybridized carbons (Fsp3) is 0. The molecule has 0 aliphatic rings. The molecule has 2 aromatic heterocycles. The van der Waals surface area contributed by atoms with Crippen LogP contribution in [0.1, 0.15) is 0 Å². The number of para-hydroxylation sites is 4. The summed E-state index contributed by atoms with van der Waals surface area (Å²) in [6.45, 7) is 0. The third-order valence-electron chi connectivity index (χ3n) is 3.02. The molecule has 19 heavy (non-hydrogen) atoms. The normalized spacial score (nSPS) is 11.2. The number of nitrogens with zero attached hydrogens (tertiary/aromatic N) is 2. The van der Waals surface area contributed by atoms with Gasteiger partial charge in [-0.15, -0.1) is 0 Å². The van der Waals surface area contributed by atoms with E-state index in [1.54, 1.807) is 0 Å². The van der Waals surface area contributed by atoms with Gasteiger partial charge >= 0.3 is 130 Å².